The number of carbonyl (C=O) groups excluding carboxylic acids is 2. The minimum atomic E-state index is -1.19. The van der Waals surface area contributed by atoms with E-state index >= 15 is 0 Å². The molecule has 0 radical (unpaired) electrons. The summed E-state index contributed by atoms with van der Waals surface area (Å²) in [6.45, 7) is 16.5. The largest absolute Gasteiger partial charge is 0.465 e. The lowest BCUT2D eigenvalue weighted by molar-refractivity contribution is -0.171. The molecule has 0 fully saturated rings. The van der Waals surface area contributed by atoms with Crippen LogP contribution in [0.4, 0.5) is 0 Å². The quantitative estimate of drug-likeness (QED) is 0.0423. The van der Waals surface area contributed by atoms with Crippen molar-refractivity contribution in [2.45, 2.75) is 157 Å². The average molecular weight is 803 g/mol. The molecule has 2 N–H and O–H groups in total. The molecule has 0 aliphatic carbocycles. The second kappa shape index (κ2) is 37.5. The molecule has 0 unspecified atom stereocenters. The third kappa shape index (κ3) is 29.1. The Labute approximate surface area is 347 Å². The normalized spacial score (nSPS) is 11.2. The Balaban J connectivity index is 0.00000100. The molecule has 0 saturated heterocycles. The molecule has 2 rings (SSSR count). The van der Waals surface area contributed by atoms with Crippen molar-refractivity contribution in [1.29, 1.82) is 0 Å². The molecule has 0 aliphatic heterocycles. The van der Waals surface area contributed by atoms with Gasteiger partial charge in [-0.25, -0.2) is 0 Å². The van der Waals surface area contributed by atoms with Crippen molar-refractivity contribution in [2.75, 3.05) is 52.9 Å². The first kappa shape index (κ1) is 54.2. The summed E-state index contributed by atoms with van der Waals surface area (Å²) in [6, 6.07) is 20.5. The van der Waals surface area contributed by atoms with E-state index in [0.29, 0.717) is 13.0 Å². The van der Waals surface area contributed by atoms with Crippen molar-refractivity contribution in [3.63, 3.8) is 0 Å². The Kier molecular flexibility index (Phi) is 35.6. The van der Waals surface area contributed by atoms with E-state index in [4.69, 9.17) is 23.7 Å². The molecule has 328 valence electrons. The van der Waals surface area contributed by atoms with Gasteiger partial charge in [0.25, 0.3) is 0 Å². The molecule has 9 nitrogen and oxygen atoms in total. The molecule has 57 heavy (non-hydrogen) atoms. The summed E-state index contributed by atoms with van der Waals surface area (Å²) < 4.78 is 26.4. The highest BCUT2D eigenvalue weighted by atomic mass is 16.6. The molecule has 0 bridgehead atoms. The summed E-state index contributed by atoms with van der Waals surface area (Å²) in [5.41, 5.74) is 0.966. The number of rotatable bonds is 32. The minimum Gasteiger partial charge on any atom is -0.465 e. The second-order valence-corrected chi connectivity index (χ2v) is 15.2. The number of hydrogen-bond donors (Lipinski definition) is 2. The van der Waals surface area contributed by atoms with Gasteiger partial charge >= 0.3 is 11.9 Å². The van der Waals surface area contributed by atoms with Crippen molar-refractivity contribution in [1.82, 2.24) is 0 Å². The number of esters is 2. The van der Waals surface area contributed by atoms with Gasteiger partial charge in [0.15, 0.2) is 5.41 Å². The Bertz CT molecular complexity index is 1150. The van der Waals surface area contributed by atoms with Gasteiger partial charge in [-0.2, -0.15) is 0 Å². The monoisotopic (exact) mass is 803 g/mol. The van der Waals surface area contributed by atoms with Gasteiger partial charge < -0.3 is 33.9 Å². The van der Waals surface area contributed by atoms with Crippen molar-refractivity contribution < 1.29 is 43.5 Å². The van der Waals surface area contributed by atoms with Gasteiger partial charge in [-0.05, 0) is 71.4 Å². The van der Waals surface area contributed by atoms with Crippen LogP contribution < -0.4 is 0 Å². The van der Waals surface area contributed by atoms with Crippen LogP contribution in [0.5, 0.6) is 0 Å². The Morgan fingerprint density at radius 3 is 1.16 bits per heavy atom. The highest BCUT2D eigenvalue weighted by Gasteiger charge is 2.43. The molecule has 2 aromatic rings. The van der Waals surface area contributed by atoms with E-state index in [9.17, 15) is 19.8 Å². The Hall–Kier alpha value is -2.82. The summed E-state index contributed by atoms with van der Waals surface area (Å²) in [4.78, 5) is 24.5. The van der Waals surface area contributed by atoms with E-state index in [1.165, 1.54) is 49.7 Å². The van der Waals surface area contributed by atoms with Crippen molar-refractivity contribution >= 4 is 11.9 Å². The first-order chi connectivity index (χ1) is 27.7. The van der Waals surface area contributed by atoms with Gasteiger partial charge in [0, 0.05) is 31.8 Å². The number of benzene rings is 2. The standard InChI is InChI=1S/C24H38O5.C20H34O3.C4H10O/c1-4-28-22(25)24(3,23(26)29-5-2)18-14-9-7-6-8-10-15-19-27-20-21-16-12-11-13-17-21;1-20(17-21,18-22)14-10-5-3-2-4-6-11-15-23-16-19-12-8-7-9-13-19;1-3-5-4-2/h11-13,16-17H,4-10,14-15,18-20H2,1-3H3;7-9,12-13,21-22H,2-6,10-11,14-18H2,1H3;3-4H2,1-2H3. The molecule has 0 amide bonds. The SMILES string of the molecule is CC(CO)(CO)CCCCCCCCCOCc1ccccc1.CCOC(=O)C(C)(CCCCCCCCCOCc1ccccc1)C(=O)OCC.CCOCC. The average Bonchev–Trinajstić information content (AvgIpc) is 3.23. The van der Waals surface area contributed by atoms with Crippen molar-refractivity contribution in [3.8, 4) is 0 Å². The van der Waals surface area contributed by atoms with Gasteiger partial charge in [0.2, 0.25) is 0 Å². The lowest BCUT2D eigenvalue weighted by atomic mass is 9.84. The van der Waals surface area contributed by atoms with Crippen LogP contribution in [0.25, 0.3) is 0 Å². The van der Waals surface area contributed by atoms with Gasteiger partial charge in [-0.15, -0.1) is 0 Å². The third-order valence-corrected chi connectivity index (χ3v) is 9.88. The van der Waals surface area contributed by atoms with Crippen LogP contribution in [-0.4, -0.2) is 75.0 Å². The minimum absolute atomic E-state index is 0.0759. The molecule has 0 saturated carbocycles. The number of ether oxygens (including phenoxy) is 5. The number of unbranched alkanes of at least 4 members (excludes halogenated alkanes) is 12. The predicted molar refractivity (Wildman–Crippen MR) is 232 cm³/mol. The van der Waals surface area contributed by atoms with E-state index in [-0.39, 0.29) is 31.8 Å². The van der Waals surface area contributed by atoms with Crippen molar-refractivity contribution in [3.05, 3.63) is 71.8 Å². The summed E-state index contributed by atoms with van der Waals surface area (Å²) >= 11 is 0. The topological polar surface area (TPSA) is 121 Å². The summed E-state index contributed by atoms with van der Waals surface area (Å²) in [6.07, 6.45) is 17.3. The molecule has 9 heteroatoms. The Morgan fingerprint density at radius 1 is 0.474 bits per heavy atom. The molecule has 2 aromatic carbocycles. The number of aliphatic hydroxyl groups is 2. The zero-order valence-corrected chi connectivity index (χ0v) is 36.9. The number of aliphatic hydroxyl groups excluding tert-OH is 2. The molecule has 0 heterocycles. The summed E-state index contributed by atoms with van der Waals surface area (Å²) in [5, 5.41) is 18.5. The van der Waals surface area contributed by atoms with Crippen LogP contribution in [0.2, 0.25) is 0 Å². The summed E-state index contributed by atoms with van der Waals surface area (Å²) in [5.74, 6) is -0.956. The van der Waals surface area contributed by atoms with Gasteiger partial charge in [0.1, 0.15) is 0 Å². The highest BCUT2D eigenvalue weighted by molar-refractivity contribution is 5.99. The molecule has 0 aromatic heterocycles. The maximum atomic E-state index is 12.2. The number of carbonyl (C=O) groups is 2. The first-order valence-corrected chi connectivity index (χ1v) is 22.0. The molecular weight excluding hydrogens is 721 g/mol. The number of hydrogen-bond acceptors (Lipinski definition) is 9. The van der Waals surface area contributed by atoms with E-state index in [0.717, 1.165) is 90.8 Å². The maximum absolute atomic E-state index is 12.2. The van der Waals surface area contributed by atoms with Gasteiger partial charge in [-0.1, -0.05) is 145 Å². The van der Waals surface area contributed by atoms with E-state index in [2.05, 4.69) is 24.3 Å². The summed E-state index contributed by atoms with van der Waals surface area (Å²) in [7, 11) is 0. The molecule has 0 atom stereocenters. The van der Waals surface area contributed by atoms with E-state index in [1.807, 2.05) is 57.2 Å². The predicted octanol–water partition coefficient (Wildman–Crippen LogP) is 10.8. The highest BCUT2D eigenvalue weighted by Crippen LogP contribution is 2.29. The van der Waals surface area contributed by atoms with Crippen LogP contribution >= 0.6 is 0 Å². The first-order valence-electron chi connectivity index (χ1n) is 22.0. The van der Waals surface area contributed by atoms with Gasteiger partial charge in [0.05, 0.1) is 39.6 Å². The lowest BCUT2D eigenvalue weighted by Gasteiger charge is -2.24. The zero-order chi connectivity index (χ0) is 42.3. The van der Waals surface area contributed by atoms with E-state index < -0.39 is 17.4 Å². The molecule has 0 aliphatic rings. The van der Waals surface area contributed by atoms with Crippen LogP contribution in [0, 0.1) is 10.8 Å². The van der Waals surface area contributed by atoms with Crippen LogP contribution in [0.3, 0.4) is 0 Å². The smallest absolute Gasteiger partial charge is 0.323 e. The lowest BCUT2D eigenvalue weighted by Crippen LogP contribution is -2.39. The van der Waals surface area contributed by atoms with Gasteiger partial charge in [-0.3, -0.25) is 9.59 Å². The third-order valence-electron chi connectivity index (χ3n) is 9.88. The van der Waals surface area contributed by atoms with Crippen LogP contribution in [-0.2, 0) is 46.5 Å². The fraction of sp³-hybridized carbons (Fsp3) is 0.708. The van der Waals surface area contributed by atoms with Crippen molar-refractivity contribution in [2.24, 2.45) is 10.8 Å². The maximum Gasteiger partial charge on any atom is 0.323 e. The second-order valence-electron chi connectivity index (χ2n) is 15.2. The fourth-order valence-electron chi connectivity index (χ4n) is 6.02. The molecular formula is C48H82O9. The van der Waals surface area contributed by atoms with Crippen LogP contribution in [0.15, 0.2) is 60.7 Å². The fourth-order valence-corrected chi connectivity index (χ4v) is 6.02. The Morgan fingerprint density at radius 2 is 0.825 bits per heavy atom. The van der Waals surface area contributed by atoms with Crippen LogP contribution in [0.1, 0.15) is 155 Å². The molecule has 0 spiro atoms. The van der Waals surface area contributed by atoms with E-state index in [1.54, 1.807) is 20.8 Å². The zero-order valence-electron chi connectivity index (χ0n) is 36.9.